The van der Waals surface area contributed by atoms with Crippen molar-refractivity contribution in [3.05, 3.63) is 29.6 Å². The summed E-state index contributed by atoms with van der Waals surface area (Å²) in [4.78, 5) is 4.10. The van der Waals surface area contributed by atoms with Gasteiger partial charge in [-0.1, -0.05) is 11.2 Å². The van der Waals surface area contributed by atoms with Gasteiger partial charge >= 0.3 is 0 Å². The van der Waals surface area contributed by atoms with Crippen LogP contribution in [0.2, 0.25) is 0 Å². The Morgan fingerprint density at radius 2 is 2.32 bits per heavy atom. The number of nitrogens with two attached hydrogens (primary N) is 1. The van der Waals surface area contributed by atoms with E-state index in [9.17, 15) is 0 Å². The lowest BCUT2D eigenvalue weighted by Crippen LogP contribution is -2.22. The van der Waals surface area contributed by atoms with Crippen LogP contribution in [0.15, 0.2) is 23.5 Å². The van der Waals surface area contributed by atoms with Gasteiger partial charge in [0.1, 0.15) is 5.69 Å². The molecule has 7 heteroatoms. The fraction of sp³-hybridized carbons (Fsp3) is 0.500. The summed E-state index contributed by atoms with van der Waals surface area (Å²) >= 11 is 1.80. The number of rotatable bonds is 9. The SMILES string of the molecule is N/C(=N/O)c1ncccc1CNCCSCCCO. The molecule has 1 rings (SSSR count). The molecule has 19 heavy (non-hydrogen) atoms. The summed E-state index contributed by atoms with van der Waals surface area (Å²) in [6.07, 6.45) is 2.45. The first-order chi connectivity index (χ1) is 9.29. The molecule has 0 radical (unpaired) electrons. The fourth-order valence-corrected chi connectivity index (χ4v) is 2.32. The zero-order valence-corrected chi connectivity index (χ0v) is 11.6. The number of thioether (sulfide) groups is 1. The molecule has 1 heterocycles. The highest BCUT2D eigenvalue weighted by atomic mass is 32.2. The van der Waals surface area contributed by atoms with Crippen LogP contribution in [-0.2, 0) is 6.54 Å². The maximum atomic E-state index is 8.68. The van der Waals surface area contributed by atoms with Crippen molar-refractivity contribution < 1.29 is 10.3 Å². The number of aliphatic hydroxyl groups is 1. The van der Waals surface area contributed by atoms with Crippen molar-refractivity contribution in [2.45, 2.75) is 13.0 Å². The van der Waals surface area contributed by atoms with E-state index in [1.165, 1.54) is 0 Å². The Hall–Kier alpha value is -1.31. The lowest BCUT2D eigenvalue weighted by molar-refractivity contribution is 0.296. The molecule has 0 fully saturated rings. The topological polar surface area (TPSA) is 104 Å². The lowest BCUT2D eigenvalue weighted by Gasteiger charge is -2.08. The molecule has 0 aliphatic heterocycles. The van der Waals surface area contributed by atoms with Crippen LogP contribution in [0.25, 0.3) is 0 Å². The maximum Gasteiger partial charge on any atom is 0.189 e. The molecule has 0 bridgehead atoms. The summed E-state index contributed by atoms with van der Waals surface area (Å²) < 4.78 is 0. The molecule has 0 atom stereocenters. The minimum Gasteiger partial charge on any atom is -0.409 e. The number of nitrogens with zero attached hydrogens (tertiary/aromatic N) is 2. The van der Waals surface area contributed by atoms with Crippen molar-refractivity contribution in [1.29, 1.82) is 0 Å². The van der Waals surface area contributed by atoms with Crippen LogP contribution in [-0.4, -0.2) is 45.8 Å². The van der Waals surface area contributed by atoms with Gasteiger partial charge in [-0.15, -0.1) is 0 Å². The van der Waals surface area contributed by atoms with Gasteiger partial charge in [-0.05, 0) is 23.8 Å². The molecule has 0 aliphatic carbocycles. The number of amidine groups is 1. The molecule has 1 aromatic heterocycles. The Balaban J connectivity index is 2.33. The van der Waals surface area contributed by atoms with E-state index in [0.717, 1.165) is 30.0 Å². The minimum atomic E-state index is 0.0229. The van der Waals surface area contributed by atoms with Crippen LogP contribution in [0.3, 0.4) is 0 Å². The number of nitrogens with one attached hydrogen (secondary N) is 1. The van der Waals surface area contributed by atoms with E-state index in [2.05, 4.69) is 15.5 Å². The first-order valence-corrected chi connectivity index (χ1v) is 7.26. The van der Waals surface area contributed by atoms with E-state index < -0.39 is 0 Å². The Kier molecular flexibility index (Phi) is 7.95. The third-order valence-corrected chi connectivity index (χ3v) is 3.50. The summed E-state index contributed by atoms with van der Waals surface area (Å²) in [6.45, 7) is 1.74. The summed E-state index contributed by atoms with van der Waals surface area (Å²) in [7, 11) is 0. The van der Waals surface area contributed by atoms with Gasteiger partial charge in [0.15, 0.2) is 5.84 Å². The third-order valence-electron chi connectivity index (χ3n) is 2.43. The van der Waals surface area contributed by atoms with Gasteiger partial charge in [-0.2, -0.15) is 11.8 Å². The molecule has 0 amide bonds. The van der Waals surface area contributed by atoms with E-state index in [0.29, 0.717) is 12.2 Å². The van der Waals surface area contributed by atoms with E-state index in [4.69, 9.17) is 16.0 Å². The van der Waals surface area contributed by atoms with E-state index >= 15 is 0 Å². The average molecular weight is 284 g/mol. The van der Waals surface area contributed by atoms with Crippen LogP contribution >= 0.6 is 11.8 Å². The number of aromatic nitrogens is 1. The van der Waals surface area contributed by atoms with Crippen LogP contribution in [0.5, 0.6) is 0 Å². The van der Waals surface area contributed by atoms with Crippen LogP contribution in [0.4, 0.5) is 0 Å². The highest BCUT2D eigenvalue weighted by Crippen LogP contribution is 2.05. The number of oxime groups is 1. The Morgan fingerprint density at radius 1 is 1.47 bits per heavy atom. The second-order valence-corrected chi connectivity index (χ2v) is 5.09. The summed E-state index contributed by atoms with van der Waals surface area (Å²) in [5.74, 6) is 1.98. The lowest BCUT2D eigenvalue weighted by atomic mass is 10.2. The molecule has 1 aromatic rings. The van der Waals surface area contributed by atoms with Crippen molar-refractivity contribution in [3.63, 3.8) is 0 Å². The van der Waals surface area contributed by atoms with Crippen LogP contribution in [0.1, 0.15) is 17.7 Å². The van der Waals surface area contributed by atoms with Crippen molar-refractivity contribution in [2.75, 3.05) is 24.7 Å². The summed E-state index contributed by atoms with van der Waals surface area (Å²) in [5, 5.41) is 23.6. The summed E-state index contributed by atoms with van der Waals surface area (Å²) in [6, 6.07) is 3.72. The zero-order valence-electron chi connectivity index (χ0n) is 10.7. The van der Waals surface area contributed by atoms with Gasteiger partial charge in [-0.3, -0.25) is 4.98 Å². The second-order valence-electron chi connectivity index (χ2n) is 3.86. The molecule has 5 N–H and O–H groups in total. The van der Waals surface area contributed by atoms with E-state index in [1.807, 2.05) is 12.1 Å². The van der Waals surface area contributed by atoms with Crippen LogP contribution < -0.4 is 11.1 Å². The predicted molar refractivity (Wildman–Crippen MR) is 77.5 cm³/mol. The van der Waals surface area contributed by atoms with Gasteiger partial charge in [0, 0.05) is 31.6 Å². The molecule has 0 saturated heterocycles. The Bertz CT molecular complexity index is 401. The zero-order chi connectivity index (χ0) is 13.9. The smallest absolute Gasteiger partial charge is 0.189 e. The number of hydrogen-bond acceptors (Lipinski definition) is 6. The molecule has 0 aliphatic rings. The highest BCUT2D eigenvalue weighted by molar-refractivity contribution is 7.99. The molecular weight excluding hydrogens is 264 g/mol. The number of aliphatic hydroxyl groups excluding tert-OH is 1. The largest absolute Gasteiger partial charge is 0.409 e. The highest BCUT2D eigenvalue weighted by Gasteiger charge is 2.07. The monoisotopic (exact) mass is 284 g/mol. The maximum absolute atomic E-state index is 8.68. The molecule has 6 nitrogen and oxygen atoms in total. The van der Waals surface area contributed by atoms with Gasteiger partial charge in [0.25, 0.3) is 0 Å². The van der Waals surface area contributed by atoms with Crippen LogP contribution in [0, 0.1) is 0 Å². The third kappa shape index (κ3) is 5.91. The normalized spacial score (nSPS) is 11.7. The van der Waals surface area contributed by atoms with Crippen molar-refractivity contribution in [3.8, 4) is 0 Å². The fourth-order valence-electron chi connectivity index (χ4n) is 1.50. The van der Waals surface area contributed by atoms with Crippen molar-refractivity contribution in [1.82, 2.24) is 10.3 Å². The molecule has 106 valence electrons. The minimum absolute atomic E-state index is 0.0229. The second kappa shape index (κ2) is 9.60. The van der Waals surface area contributed by atoms with Crippen molar-refractivity contribution >= 4 is 17.6 Å². The van der Waals surface area contributed by atoms with E-state index in [-0.39, 0.29) is 12.4 Å². The summed E-state index contributed by atoms with van der Waals surface area (Å²) in [5.41, 5.74) is 6.97. The molecule has 0 unspecified atom stereocenters. The van der Waals surface area contributed by atoms with Crippen molar-refractivity contribution in [2.24, 2.45) is 10.9 Å². The van der Waals surface area contributed by atoms with E-state index in [1.54, 1.807) is 18.0 Å². The standard InChI is InChI=1S/C12H20N4O2S/c13-12(16-18)11-10(3-1-4-15-11)9-14-5-8-19-7-2-6-17/h1,3-4,14,17-18H,2,5-9H2,(H2,13,16). The first kappa shape index (κ1) is 15.7. The average Bonchev–Trinajstić information content (AvgIpc) is 2.46. The predicted octanol–water partition coefficient (Wildman–Crippen LogP) is 0.381. The molecule has 0 spiro atoms. The first-order valence-electron chi connectivity index (χ1n) is 6.10. The van der Waals surface area contributed by atoms with Gasteiger partial charge < -0.3 is 21.4 Å². The Labute approximate surface area is 117 Å². The quantitative estimate of drug-likeness (QED) is 0.172. The molecular formula is C12H20N4O2S. The van der Waals surface area contributed by atoms with Gasteiger partial charge in [0.05, 0.1) is 0 Å². The van der Waals surface area contributed by atoms with Gasteiger partial charge in [-0.25, -0.2) is 0 Å². The Morgan fingerprint density at radius 3 is 3.05 bits per heavy atom. The number of pyridine rings is 1. The molecule has 0 aromatic carbocycles. The van der Waals surface area contributed by atoms with Gasteiger partial charge in [0.2, 0.25) is 0 Å². The molecule has 0 saturated carbocycles. The number of hydrogen-bond donors (Lipinski definition) is 4.